The van der Waals surface area contributed by atoms with Gasteiger partial charge in [0.2, 0.25) is 10.0 Å². The van der Waals surface area contributed by atoms with Crippen LogP contribution >= 0.6 is 27.3 Å². The Balaban J connectivity index is 1.74. The van der Waals surface area contributed by atoms with Gasteiger partial charge in [-0.1, -0.05) is 12.1 Å². The molecule has 7 heteroatoms. The zero-order valence-electron chi connectivity index (χ0n) is 11.0. The molecule has 2 aromatic rings. The fourth-order valence-electron chi connectivity index (χ4n) is 2.27. The van der Waals surface area contributed by atoms with Gasteiger partial charge in [0.25, 0.3) is 0 Å². The van der Waals surface area contributed by atoms with Crippen LogP contribution in [0, 0.1) is 5.82 Å². The van der Waals surface area contributed by atoms with Crippen LogP contribution in [0.4, 0.5) is 4.39 Å². The Morgan fingerprint density at radius 1 is 1.19 bits per heavy atom. The number of thiophene rings is 1. The zero-order valence-corrected chi connectivity index (χ0v) is 14.2. The molecule has 1 aliphatic carbocycles. The van der Waals surface area contributed by atoms with Crippen LogP contribution in [-0.2, 0) is 15.4 Å². The summed E-state index contributed by atoms with van der Waals surface area (Å²) in [6.07, 6.45) is 1.82. The molecule has 0 saturated heterocycles. The summed E-state index contributed by atoms with van der Waals surface area (Å²) in [5, 5.41) is 0. The predicted molar refractivity (Wildman–Crippen MR) is 84.5 cm³/mol. The van der Waals surface area contributed by atoms with Gasteiger partial charge in [-0.3, -0.25) is 0 Å². The van der Waals surface area contributed by atoms with Crippen molar-refractivity contribution in [2.45, 2.75) is 22.5 Å². The molecule has 1 fully saturated rings. The van der Waals surface area contributed by atoms with Crippen molar-refractivity contribution in [3.05, 3.63) is 51.6 Å². The Hall–Kier alpha value is -0.760. The highest BCUT2D eigenvalue weighted by molar-refractivity contribution is 9.11. The molecule has 0 amide bonds. The molecule has 1 saturated carbocycles. The summed E-state index contributed by atoms with van der Waals surface area (Å²) in [6.45, 7) is 0.344. The molecular formula is C14H13BrFNO2S2. The number of hydrogen-bond donors (Lipinski definition) is 1. The van der Waals surface area contributed by atoms with Gasteiger partial charge in [-0.05, 0) is 58.6 Å². The van der Waals surface area contributed by atoms with Crippen molar-refractivity contribution < 1.29 is 12.8 Å². The van der Waals surface area contributed by atoms with Gasteiger partial charge in [-0.25, -0.2) is 17.5 Å². The number of hydrogen-bond acceptors (Lipinski definition) is 3. The van der Waals surface area contributed by atoms with E-state index < -0.39 is 10.0 Å². The maximum absolute atomic E-state index is 13.0. The third kappa shape index (κ3) is 3.21. The molecule has 3 rings (SSSR count). The highest BCUT2D eigenvalue weighted by Gasteiger charge is 2.44. The first-order valence-corrected chi connectivity index (χ1v) is 9.52. The van der Waals surface area contributed by atoms with E-state index in [0.29, 0.717) is 10.8 Å². The van der Waals surface area contributed by atoms with E-state index in [1.54, 1.807) is 24.3 Å². The summed E-state index contributed by atoms with van der Waals surface area (Å²) in [5.74, 6) is -0.279. The second kappa shape index (κ2) is 5.46. The summed E-state index contributed by atoms with van der Waals surface area (Å²) >= 11 is 4.44. The quantitative estimate of drug-likeness (QED) is 0.847. The average molecular weight is 390 g/mol. The van der Waals surface area contributed by atoms with Crippen LogP contribution in [0.1, 0.15) is 18.4 Å². The lowest BCUT2D eigenvalue weighted by Crippen LogP contribution is -2.31. The largest absolute Gasteiger partial charge is 0.250 e. The molecule has 0 radical (unpaired) electrons. The van der Waals surface area contributed by atoms with Crippen LogP contribution in [0.3, 0.4) is 0 Å². The molecule has 1 aliphatic rings. The van der Waals surface area contributed by atoms with Gasteiger partial charge in [0.05, 0.1) is 3.79 Å². The topological polar surface area (TPSA) is 46.2 Å². The molecule has 21 heavy (non-hydrogen) atoms. The van der Waals surface area contributed by atoms with E-state index in [-0.39, 0.29) is 11.2 Å². The van der Waals surface area contributed by atoms with E-state index in [2.05, 4.69) is 20.7 Å². The maximum atomic E-state index is 13.0. The van der Waals surface area contributed by atoms with Crippen molar-refractivity contribution >= 4 is 37.3 Å². The van der Waals surface area contributed by atoms with Gasteiger partial charge in [0.1, 0.15) is 10.0 Å². The van der Waals surface area contributed by atoms with Gasteiger partial charge in [0.15, 0.2) is 0 Å². The van der Waals surface area contributed by atoms with Crippen molar-refractivity contribution in [1.82, 2.24) is 4.72 Å². The second-order valence-electron chi connectivity index (χ2n) is 5.17. The van der Waals surface area contributed by atoms with E-state index in [4.69, 9.17) is 0 Å². The number of sulfonamides is 1. The number of nitrogens with one attached hydrogen (secondary N) is 1. The first-order chi connectivity index (χ1) is 9.91. The molecule has 1 aromatic carbocycles. The van der Waals surface area contributed by atoms with Gasteiger partial charge in [-0.15, -0.1) is 11.3 Å². The van der Waals surface area contributed by atoms with Gasteiger partial charge < -0.3 is 0 Å². The molecule has 0 bridgehead atoms. The lowest BCUT2D eigenvalue weighted by molar-refractivity contribution is 0.568. The summed E-state index contributed by atoms with van der Waals surface area (Å²) in [5.41, 5.74) is 0.800. The summed E-state index contributed by atoms with van der Waals surface area (Å²) in [6, 6.07) is 9.60. The number of benzene rings is 1. The molecular weight excluding hydrogens is 377 g/mol. The van der Waals surface area contributed by atoms with Crippen LogP contribution in [0.25, 0.3) is 0 Å². The first kappa shape index (κ1) is 15.1. The minimum Gasteiger partial charge on any atom is -0.210 e. The average Bonchev–Trinajstić information content (AvgIpc) is 3.11. The second-order valence-corrected chi connectivity index (χ2v) is 9.63. The summed E-state index contributed by atoms with van der Waals surface area (Å²) in [7, 11) is -3.48. The Labute approximate surface area is 135 Å². The highest BCUT2D eigenvalue weighted by atomic mass is 79.9. The molecule has 112 valence electrons. The van der Waals surface area contributed by atoms with E-state index in [0.717, 1.165) is 22.2 Å². The lowest BCUT2D eigenvalue weighted by atomic mass is 9.96. The Kier molecular flexibility index (Phi) is 3.94. The van der Waals surface area contributed by atoms with Crippen LogP contribution in [0.2, 0.25) is 0 Å². The third-order valence-corrected chi connectivity index (χ3v) is 7.24. The van der Waals surface area contributed by atoms with Crippen LogP contribution in [-0.4, -0.2) is 15.0 Å². The molecule has 0 atom stereocenters. The Morgan fingerprint density at radius 2 is 1.86 bits per heavy atom. The SMILES string of the molecule is O=S(=O)(NCC1(c2ccc(F)cc2)CC1)c1ccc(Br)s1. The normalized spacial score (nSPS) is 16.9. The number of rotatable bonds is 5. The van der Waals surface area contributed by atoms with Crippen LogP contribution in [0.5, 0.6) is 0 Å². The fourth-order valence-corrected chi connectivity index (χ4v) is 5.45. The highest BCUT2D eigenvalue weighted by Crippen LogP contribution is 2.47. The lowest BCUT2D eigenvalue weighted by Gasteiger charge is -2.16. The number of halogens is 2. The van der Waals surface area contributed by atoms with E-state index >= 15 is 0 Å². The van der Waals surface area contributed by atoms with E-state index in [9.17, 15) is 12.8 Å². The molecule has 1 heterocycles. The standard InChI is InChI=1S/C14H13BrFNO2S2/c15-12-5-6-13(20-12)21(18,19)17-9-14(7-8-14)10-1-3-11(16)4-2-10/h1-6,17H,7-9H2. The van der Waals surface area contributed by atoms with Gasteiger partial charge >= 0.3 is 0 Å². The minimum atomic E-state index is -3.48. The zero-order chi connectivity index (χ0) is 15.1. The molecule has 1 N–H and O–H groups in total. The third-order valence-electron chi connectivity index (χ3n) is 3.72. The van der Waals surface area contributed by atoms with E-state index in [1.807, 2.05) is 0 Å². The molecule has 1 aromatic heterocycles. The van der Waals surface area contributed by atoms with Crippen molar-refractivity contribution in [3.8, 4) is 0 Å². The molecule has 0 aliphatic heterocycles. The van der Waals surface area contributed by atoms with Crippen molar-refractivity contribution in [3.63, 3.8) is 0 Å². The van der Waals surface area contributed by atoms with Crippen molar-refractivity contribution in [2.75, 3.05) is 6.54 Å². The van der Waals surface area contributed by atoms with Gasteiger partial charge in [0, 0.05) is 12.0 Å². The van der Waals surface area contributed by atoms with Crippen LogP contribution < -0.4 is 4.72 Å². The molecule has 0 unspecified atom stereocenters. The monoisotopic (exact) mass is 389 g/mol. The van der Waals surface area contributed by atoms with Gasteiger partial charge in [-0.2, -0.15) is 0 Å². The van der Waals surface area contributed by atoms with E-state index in [1.165, 1.54) is 23.5 Å². The first-order valence-electron chi connectivity index (χ1n) is 6.42. The predicted octanol–water partition coefficient (Wildman–Crippen LogP) is 3.66. The van der Waals surface area contributed by atoms with Crippen molar-refractivity contribution in [2.24, 2.45) is 0 Å². The summed E-state index contributed by atoms with van der Waals surface area (Å²) < 4.78 is 41.2. The summed E-state index contributed by atoms with van der Waals surface area (Å²) in [4.78, 5) is 0. The fraction of sp³-hybridized carbons (Fsp3) is 0.286. The Morgan fingerprint density at radius 3 is 2.38 bits per heavy atom. The van der Waals surface area contributed by atoms with Crippen molar-refractivity contribution in [1.29, 1.82) is 0 Å². The Bertz CT molecular complexity index is 752. The minimum absolute atomic E-state index is 0.185. The molecule has 0 spiro atoms. The molecule has 3 nitrogen and oxygen atoms in total. The van der Waals surface area contributed by atoms with Crippen LogP contribution in [0.15, 0.2) is 44.4 Å². The smallest absolute Gasteiger partial charge is 0.210 e. The maximum Gasteiger partial charge on any atom is 0.250 e.